The summed E-state index contributed by atoms with van der Waals surface area (Å²) < 4.78 is 5.15. The van der Waals surface area contributed by atoms with Crippen molar-refractivity contribution in [3.8, 4) is 0 Å². The van der Waals surface area contributed by atoms with Gasteiger partial charge < -0.3 is 9.73 Å². The van der Waals surface area contributed by atoms with Crippen LogP contribution in [0.25, 0.3) is 0 Å². The number of hydrogen-bond donors (Lipinski definition) is 1. The summed E-state index contributed by atoms with van der Waals surface area (Å²) in [5, 5.41) is 3.15. The summed E-state index contributed by atoms with van der Waals surface area (Å²) in [5.74, 6) is 1.61. The van der Waals surface area contributed by atoms with E-state index in [0.29, 0.717) is 12.0 Å². The summed E-state index contributed by atoms with van der Waals surface area (Å²) in [6.45, 7) is 3.98. The molecule has 2 saturated heterocycles. The summed E-state index contributed by atoms with van der Waals surface area (Å²) in [5.41, 5.74) is 1.24. The molecule has 1 aromatic heterocycles. The van der Waals surface area contributed by atoms with Gasteiger partial charge in [0.05, 0.1) is 18.6 Å². The normalized spacial score (nSPS) is 32.3. The van der Waals surface area contributed by atoms with Crippen LogP contribution in [0.15, 0.2) is 23.0 Å². The summed E-state index contributed by atoms with van der Waals surface area (Å²) in [4.78, 5) is 17.2. The van der Waals surface area contributed by atoms with Gasteiger partial charge in [-0.25, -0.2) is 0 Å². The third-order valence-electron chi connectivity index (χ3n) is 5.57. The topological polar surface area (TPSA) is 48.7 Å². The first-order valence-corrected chi connectivity index (χ1v) is 8.44. The number of likely N-dealkylation sites (tertiary alicyclic amines) is 2. The van der Waals surface area contributed by atoms with Crippen LogP contribution in [0.3, 0.4) is 0 Å². The van der Waals surface area contributed by atoms with Gasteiger partial charge in [0.1, 0.15) is 0 Å². The molecule has 0 radical (unpaired) electrons. The lowest BCUT2D eigenvalue weighted by atomic mass is 10.0. The second-order valence-electron chi connectivity index (χ2n) is 7.26. The zero-order valence-corrected chi connectivity index (χ0v) is 13.2. The van der Waals surface area contributed by atoms with Crippen LogP contribution in [0.5, 0.6) is 0 Å². The highest BCUT2D eigenvalue weighted by Crippen LogP contribution is 2.35. The molecule has 1 N–H and O–H groups in total. The van der Waals surface area contributed by atoms with Crippen molar-refractivity contribution in [3.05, 3.63) is 24.2 Å². The van der Waals surface area contributed by atoms with Crippen molar-refractivity contribution in [2.45, 2.75) is 37.9 Å². The fraction of sp³-hybridized carbons (Fsp3) is 0.706. The van der Waals surface area contributed by atoms with E-state index >= 15 is 0 Å². The molecule has 2 aliphatic heterocycles. The van der Waals surface area contributed by atoms with E-state index in [-0.39, 0.29) is 11.9 Å². The van der Waals surface area contributed by atoms with Crippen LogP contribution >= 0.6 is 0 Å². The SMILES string of the molecule is CN1[C@@H](C(=O)NCC2CC2)C[C@@H]2CN(Cc3ccoc3)C[C@@H]21. The maximum absolute atomic E-state index is 12.4. The average molecular weight is 303 g/mol. The van der Waals surface area contributed by atoms with Crippen molar-refractivity contribution < 1.29 is 9.21 Å². The second kappa shape index (κ2) is 5.70. The second-order valence-corrected chi connectivity index (χ2v) is 7.26. The third-order valence-corrected chi connectivity index (χ3v) is 5.57. The molecule has 4 rings (SSSR count). The summed E-state index contributed by atoms with van der Waals surface area (Å²) in [6.07, 6.45) is 7.13. The van der Waals surface area contributed by atoms with Crippen LogP contribution in [0, 0.1) is 11.8 Å². The Morgan fingerprint density at radius 3 is 2.95 bits per heavy atom. The fourth-order valence-corrected chi connectivity index (χ4v) is 4.07. The molecule has 5 nitrogen and oxygen atoms in total. The van der Waals surface area contributed by atoms with Crippen molar-refractivity contribution >= 4 is 5.91 Å². The minimum Gasteiger partial charge on any atom is -0.472 e. The molecular weight excluding hydrogens is 278 g/mol. The standard InChI is InChI=1S/C17H25N3O2/c1-19-15(17(21)18-7-12-2-3-12)6-14-9-20(10-16(14)19)8-13-4-5-22-11-13/h4-5,11-12,14-16H,2-3,6-10H2,1H3,(H,18,21)/t14-,15-,16+/m1/s1. The maximum Gasteiger partial charge on any atom is 0.237 e. The summed E-state index contributed by atoms with van der Waals surface area (Å²) in [6, 6.07) is 2.62. The first-order valence-electron chi connectivity index (χ1n) is 8.44. The minimum absolute atomic E-state index is 0.0739. The number of hydrogen-bond acceptors (Lipinski definition) is 4. The molecule has 1 aromatic rings. The first-order chi connectivity index (χ1) is 10.7. The number of carbonyl (C=O) groups is 1. The third kappa shape index (κ3) is 2.79. The van der Waals surface area contributed by atoms with Crippen LogP contribution in [0.4, 0.5) is 0 Å². The van der Waals surface area contributed by atoms with Crippen LogP contribution in [-0.4, -0.2) is 54.5 Å². The minimum atomic E-state index is 0.0739. The fourth-order valence-electron chi connectivity index (χ4n) is 4.07. The maximum atomic E-state index is 12.4. The lowest BCUT2D eigenvalue weighted by molar-refractivity contribution is -0.125. The Labute approximate surface area is 131 Å². The number of amides is 1. The van der Waals surface area contributed by atoms with Crippen LogP contribution < -0.4 is 5.32 Å². The Morgan fingerprint density at radius 2 is 2.27 bits per heavy atom. The predicted molar refractivity (Wildman–Crippen MR) is 83.2 cm³/mol. The molecule has 0 spiro atoms. The number of carbonyl (C=O) groups excluding carboxylic acids is 1. The number of rotatable bonds is 5. The van der Waals surface area contributed by atoms with Gasteiger partial charge in [-0.1, -0.05) is 0 Å². The smallest absolute Gasteiger partial charge is 0.237 e. The molecule has 3 atom stereocenters. The van der Waals surface area contributed by atoms with Gasteiger partial charge in [-0.05, 0) is 44.2 Å². The monoisotopic (exact) mass is 303 g/mol. The molecule has 3 aliphatic rings. The predicted octanol–water partition coefficient (Wildman–Crippen LogP) is 1.31. The van der Waals surface area contributed by atoms with Gasteiger partial charge in [0.2, 0.25) is 5.91 Å². The van der Waals surface area contributed by atoms with E-state index in [1.54, 1.807) is 6.26 Å². The molecule has 1 amide bonds. The molecule has 1 aliphatic carbocycles. The van der Waals surface area contributed by atoms with E-state index in [1.165, 1.54) is 18.4 Å². The van der Waals surface area contributed by atoms with Crippen molar-refractivity contribution in [3.63, 3.8) is 0 Å². The lowest BCUT2D eigenvalue weighted by Crippen LogP contribution is -2.46. The van der Waals surface area contributed by atoms with Crippen molar-refractivity contribution in [2.24, 2.45) is 11.8 Å². The zero-order valence-electron chi connectivity index (χ0n) is 13.2. The molecule has 22 heavy (non-hydrogen) atoms. The molecule has 1 saturated carbocycles. The molecule has 3 fully saturated rings. The Kier molecular flexibility index (Phi) is 3.70. The van der Waals surface area contributed by atoms with E-state index in [1.807, 2.05) is 12.3 Å². The molecule has 0 aromatic carbocycles. The van der Waals surface area contributed by atoms with E-state index in [9.17, 15) is 4.79 Å². The highest BCUT2D eigenvalue weighted by Gasteiger charge is 2.47. The van der Waals surface area contributed by atoms with Gasteiger partial charge in [-0.2, -0.15) is 0 Å². The van der Waals surface area contributed by atoms with E-state index in [4.69, 9.17) is 4.42 Å². The van der Waals surface area contributed by atoms with Gasteiger partial charge in [-0.15, -0.1) is 0 Å². The molecule has 3 heterocycles. The number of nitrogens with one attached hydrogen (secondary N) is 1. The Bertz CT molecular complexity index is 526. The Hall–Kier alpha value is -1.33. The number of nitrogens with zero attached hydrogens (tertiary/aromatic N) is 2. The van der Waals surface area contributed by atoms with E-state index in [0.717, 1.165) is 38.5 Å². The van der Waals surface area contributed by atoms with E-state index in [2.05, 4.69) is 22.2 Å². The van der Waals surface area contributed by atoms with Gasteiger partial charge in [0.15, 0.2) is 0 Å². The van der Waals surface area contributed by atoms with Crippen molar-refractivity contribution in [2.75, 3.05) is 26.7 Å². The highest BCUT2D eigenvalue weighted by atomic mass is 16.3. The molecule has 0 bridgehead atoms. The largest absolute Gasteiger partial charge is 0.472 e. The number of fused-ring (bicyclic) bond motifs is 1. The highest BCUT2D eigenvalue weighted by molar-refractivity contribution is 5.82. The van der Waals surface area contributed by atoms with Crippen LogP contribution in [0.2, 0.25) is 0 Å². The Morgan fingerprint density at radius 1 is 1.41 bits per heavy atom. The van der Waals surface area contributed by atoms with E-state index < -0.39 is 0 Å². The number of furan rings is 1. The summed E-state index contributed by atoms with van der Waals surface area (Å²) >= 11 is 0. The van der Waals surface area contributed by atoms with Crippen LogP contribution in [0.1, 0.15) is 24.8 Å². The van der Waals surface area contributed by atoms with Gasteiger partial charge >= 0.3 is 0 Å². The lowest BCUT2D eigenvalue weighted by Gasteiger charge is -2.26. The summed E-state index contributed by atoms with van der Waals surface area (Å²) in [7, 11) is 2.12. The van der Waals surface area contributed by atoms with Crippen LogP contribution in [-0.2, 0) is 11.3 Å². The first kappa shape index (κ1) is 14.3. The quantitative estimate of drug-likeness (QED) is 0.891. The van der Waals surface area contributed by atoms with Crippen molar-refractivity contribution in [1.29, 1.82) is 0 Å². The van der Waals surface area contributed by atoms with Gasteiger partial charge in [0.25, 0.3) is 0 Å². The molecule has 5 heteroatoms. The molecular formula is C17H25N3O2. The van der Waals surface area contributed by atoms with Gasteiger partial charge in [-0.3, -0.25) is 14.6 Å². The van der Waals surface area contributed by atoms with Crippen molar-refractivity contribution in [1.82, 2.24) is 15.1 Å². The zero-order chi connectivity index (χ0) is 15.1. The molecule has 120 valence electrons. The number of likely N-dealkylation sites (N-methyl/N-ethyl adjacent to an activating group) is 1. The van der Waals surface area contributed by atoms with Gasteiger partial charge in [0, 0.05) is 37.8 Å². The Balaban J connectivity index is 1.31. The average Bonchev–Trinajstić information content (AvgIpc) is 2.90. The molecule has 0 unspecified atom stereocenters.